The zero-order chi connectivity index (χ0) is 13.1. The van der Waals surface area contributed by atoms with Crippen molar-refractivity contribution in [3.63, 3.8) is 0 Å². The highest BCUT2D eigenvalue weighted by molar-refractivity contribution is 5.37. The Hall–Kier alpha value is -2.56. The van der Waals surface area contributed by atoms with Gasteiger partial charge in [0.2, 0.25) is 0 Å². The van der Waals surface area contributed by atoms with E-state index in [0.717, 1.165) is 18.1 Å². The van der Waals surface area contributed by atoms with Crippen LogP contribution < -0.4 is 5.32 Å². The van der Waals surface area contributed by atoms with E-state index in [2.05, 4.69) is 39.8 Å². The van der Waals surface area contributed by atoms with Crippen LogP contribution in [0.15, 0.2) is 55.0 Å². The van der Waals surface area contributed by atoms with Gasteiger partial charge in [0.05, 0.1) is 5.69 Å². The van der Waals surface area contributed by atoms with Crippen LogP contribution in [-0.2, 0) is 13.6 Å². The number of aryl methyl sites for hydroxylation is 1. The number of nitrogens with zero attached hydrogens (tertiary/aromatic N) is 4. The summed E-state index contributed by atoms with van der Waals surface area (Å²) in [7, 11) is 1.91. The van der Waals surface area contributed by atoms with Gasteiger partial charge < -0.3 is 5.32 Å². The Kier molecular flexibility index (Phi) is 3.02. The molecule has 0 fully saturated rings. The molecule has 5 nitrogen and oxygen atoms in total. The van der Waals surface area contributed by atoms with Crippen LogP contribution in [0.5, 0.6) is 0 Å². The minimum atomic E-state index is 0.760. The zero-order valence-electron chi connectivity index (χ0n) is 10.7. The van der Waals surface area contributed by atoms with Gasteiger partial charge >= 0.3 is 0 Å². The van der Waals surface area contributed by atoms with E-state index in [1.807, 2.05) is 36.3 Å². The topological polar surface area (TPSA) is 47.7 Å². The van der Waals surface area contributed by atoms with E-state index in [-0.39, 0.29) is 0 Å². The summed E-state index contributed by atoms with van der Waals surface area (Å²) in [5.41, 5.74) is 2.27. The molecule has 3 aromatic rings. The second-order valence-corrected chi connectivity index (χ2v) is 4.35. The SMILES string of the molecule is Cn1ccc(NCc2ccc(-n3cccn3)cc2)n1. The van der Waals surface area contributed by atoms with Crippen molar-refractivity contribution < 1.29 is 0 Å². The van der Waals surface area contributed by atoms with Crippen molar-refractivity contribution in [3.05, 3.63) is 60.6 Å². The molecule has 0 saturated heterocycles. The predicted molar refractivity (Wildman–Crippen MR) is 74.1 cm³/mol. The maximum absolute atomic E-state index is 4.28. The summed E-state index contributed by atoms with van der Waals surface area (Å²) >= 11 is 0. The van der Waals surface area contributed by atoms with Gasteiger partial charge in [-0.15, -0.1) is 0 Å². The van der Waals surface area contributed by atoms with Gasteiger partial charge in [-0.05, 0) is 23.8 Å². The Labute approximate surface area is 111 Å². The fourth-order valence-corrected chi connectivity index (χ4v) is 1.89. The zero-order valence-corrected chi connectivity index (χ0v) is 10.7. The molecule has 0 radical (unpaired) electrons. The highest BCUT2D eigenvalue weighted by Gasteiger charge is 1.99. The first-order valence-electron chi connectivity index (χ1n) is 6.14. The van der Waals surface area contributed by atoms with E-state index in [4.69, 9.17) is 0 Å². The lowest BCUT2D eigenvalue weighted by Gasteiger charge is -2.05. The van der Waals surface area contributed by atoms with Crippen molar-refractivity contribution in [3.8, 4) is 5.69 Å². The average molecular weight is 253 g/mol. The van der Waals surface area contributed by atoms with Crippen molar-refractivity contribution in [2.24, 2.45) is 7.05 Å². The predicted octanol–water partition coefficient (Wildman–Crippen LogP) is 2.22. The number of hydrogen-bond donors (Lipinski definition) is 1. The Morgan fingerprint density at radius 1 is 1.11 bits per heavy atom. The maximum atomic E-state index is 4.28. The Morgan fingerprint density at radius 2 is 1.95 bits per heavy atom. The highest BCUT2D eigenvalue weighted by atomic mass is 15.3. The number of nitrogens with one attached hydrogen (secondary N) is 1. The van der Waals surface area contributed by atoms with Crippen LogP contribution >= 0.6 is 0 Å². The Balaban J connectivity index is 1.66. The van der Waals surface area contributed by atoms with Crippen LogP contribution in [0.4, 0.5) is 5.82 Å². The first kappa shape index (κ1) is 11.5. The first-order chi connectivity index (χ1) is 9.31. The molecule has 0 saturated carbocycles. The average Bonchev–Trinajstić information content (AvgIpc) is 3.08. The number of aromatic nitrogens is 4. The van der Waals surface area contributed by atoms with Crippen molar-refractivity contribution in [2.75, 3.05) is 5.32 Å². The molecule has 0 unspecified atom stereocenters. The van der Waals surface area contributed by atoms with Crippen LogP contribution in [0.2, 0.25) is 0 Å². The van der Waals surface area contributed by atoms with Crippen molar-refractivity contribution in [1.82, 2.24) is 19.6 Å². The van der Waals surface area contributed by atoms with Crippen LogP contribution in [0, 0.1) is 0 Å². The Morgan fingerprint density at radius 3 is 2.58 bits per heavy atom. The molecule has 5 heteroatoms. The third-order valence-electron chi connectivity index (χ3n) is 2.89. The van der Waals surface area contributed by atoms with Gasteiger partial charge in [0.15, 0.2) is 0 Å². The van der Waals surface area contributed by atoms with E-state index in [1.54, 1.807) is 10.9 Å². The molecule has 0 bridgehead atoms. The van der Waals surface area contributed by atoms with Crippen LogP contribution in [0.25, 0.3) is 5.69 Å². The van der Waals surface area contributed by atoms with Gasteiger partial charge in [-0.3, -0.25) is 4.68 Å². The van der Waals surface area contributed by atoms with Gasteiger partial charge in [-0.25, -0.2) is 4.68 Å². The van der Waals surface area contributed by atoms with Crippen LogP contribution in [-0.4, -0.2) is 19.6 Å². The quantitative estimate of drug-likeness (QED) is 0.775. The van der Waals surface area contributed by atoms with Gasteiger partial charge in [0, 0.05) is 38.2 Å². The van der Waals surface area contributed by atoms with E-state index in [9.17, 15) is 0 Å². The number of anilines is 1. The summed E-state index contributed by atoms with van der Waals surface area (Å²) in [4.78, 5) is 0. The second kappa shape index (κ2) is 4.97. The summed E-state index contributed by atoms with van der Waals surface area (Å²) in [6, 6.07) is 12.2. The molecule has 2 aromatic heterocycles. The van der Waals surface area contributed by atoms with Gasteiger partial charge in [0.25, 0.3) is 0 Å². The molecule has 3 rings (SSSR count). The lowest BCUT2D eigenvalue weighted by molar-refractivity contribution is 0.768. The number of rotatable bonds is 4. The van der Waals surface area contributed by atoms with Gasteiger partial charge in [-0.2, -0.15) is 10.2 Å². The smallest absolute Gasteiger partial charge is 0.148 e. The Bertz CT molecular complexity index is 637. The summed E-state index contributed by atoms with van der Waals surface area (Å²) in [6.45, 7) is 0.760. The normalized spacial score (nSPS) is 10.6. The molecule has 96 valence electrons. The van der Waals surface area contributed by atoms with Crippen LogP contribution in [0.3, 0.4) is 0 Å². The lowest BCUT2D eigenvalue weighted by atomic mass is 10.2. The fraction of sp³-hybridized carbons (Fsp3) is 0.143. The second-order valence-electron chi connectivity index (χ2n) is 4.35. The van der Waals surface area contributed by atoms with Crippen molar-refractivity contribution in [2.45, 2.75) is 6.54 Å². The largest absolute Gasteiger partial charge is 0.365 e. The molecular weight excluding hydrogens is 238 g/mol. The standard InChI is InChI=1S/C14H15N5/c1-18-10-7-14(17-18)15-11-12-3-5-13(6-4-12)19-9-2-8-16-19/h2-10H,11H2,1H3,(H,15,17). The molecule has 0 spiro atoms. The molecule has 1 aromatic carbocycles. The summed E-state index contributed by atoms with van der Waals surface area (Å²) in [6.07, 6.45) is 5.63. The van der Waals surface area contributed by atoms with Crippen molar-refractivity contribution in [1.29, 1.82) is 0 Å². The summed E-state index contributed by atoms with van der Waals surface area (Å²) in [5.74, 6) is 0.888. The van der Waals surface area contributed by atoms with Gasteiger partial charge in [-0.1, -0.05) is 12.1 Å². The third kappa shape index (κ3) is 2.65. The fourth-order valence-electron chi connectivity index (χ4n) is 1.89. The van der Waals surface area contributed by atoms with Crippen LogP contribution in [0.1, 0.15) is 5.56 Å². The molecular formula is C14H15N5. The monoisotopic (exact) mass is 253 g/mol. The lowest BCUT2D eigenvalue weighted by Crippen LogP contribution is -2.01. The molecule has 2 heterocycles. The maximum Gasteiger partial charge on any atom is 0.148 e. The molecule has 0 aliphatic carbocycles. The first-order valence-corrected chi connectivity index (χ1v) is 6.14. The molecule has 1 N–H and O–H groups in total. The number of hydrogen-bond acceptors (Lipinski definition) is 3. The molecule has 0 amide bonds. The number of benzene rings is 1. The molecule has 0 atom stereocenters. The molecule has 0 aliphatic rings. The third-order valence-corrected chi connectivity index (χ3v) is 2.89. The molecule has 0 aliphatic heterocycles. The van der Waals surface area contributed by atoms with E-state index in [0.29, 0.717) is 0 Å². The van der Waals surface area contributed by atoms with E-state index < -0.39 is 0 Å². The van der Waals surface area contributed by atoms with Crippen molar-refractivity contribution >= 4 is 5.82 Å². The van der Waals surface area contributed by atoms with E-state index in [1.165, 1.54) is 5.56 Å². The summed E-state index contributed by atoms with van der Waals surface area (Å²) < 4.78 is 3.62. The minimum absolute atomic E-state index is 0.760. The minimum Gasteiger partial charge on any atom is -0.365 e. The molecule has 19 heavy (non-hydrogen) atoms. The van der Waals surface area contributed by atoms with E-state index >= 15 is 0 Å². The van der Waals surface area contributed by atoms with Gasteiger partial charge in [0.1, 0.15) is 5.82 Å². The summed E-state index contributed by atoms with van der Waals surface area (Å²) in [5, 5.41) is 11.8. The highest BCUT2D eigenvalue weighted by Crippen LogP contribution is 2.10.